The highest BCUT2D eigenvalue weighted by Crippen LogP contribution is 2.32. The third-order valence-corrected chi connectivity index (χ3v) is 2.17. The minimum atomic E-state index is -0.588. The highest BCUT2D eigenvalue weighted by atomic mass is 32.1. The number of halogens is 1. The topological polar surface area (TPSA) is 55.8 Å². The summed E-state index contributed by atoms with van der Waals surface area (Å²) in [5.74, 6) is -0.289. The van der Waals surface area contributed by atoms with E-state index >= 15 is 0 Å². The van der Waals surface area contributed by atoms with E-state index in [0.29, 0.717) is 12.0 Å². The van der Waals surface area contributed by atoms with Crippen LogP contribution in [0.2, 0.25) is 0 Å². The van der Waals surface area contributed by atoms with E-state index in [4.69, 9.17) is 14.6 Å². The standard InChI is InChI=1S/C11H11FO3S.CH4O/c1-14-9-4-3-7(5-8(16)6-13)10(12)11(9)15-2;1-2/h3-6,16H,1-2H3;2H,1H3/b8-5-;. The molecule has 0 fully saturated rings. The molecule has 0 unspecified atom stereocenters. The van der Waals surface area contributed by atoms with E-state index in [1.54, 1.807) is 6.07 Å². The summed E-state index contributed by atoms with van der Waals surface area (Å²) in [6.45, 7) is 0. The average molecular weight is 274 g/mol. The van der Waals surface area contributed by atoms with Gasteiger partial charge in [0.05, 0.1) is 14.2 Å². The number of carbonyl (C=O) groups excluding carboxylic acids is 1. The number of aliphatic hydroxyl groups is 1. The molecule has 1 N–H and O–H groups in total. The zero-order valence-corrected chi connectivity index (χ0v) is 11.2. The third kappa shape index (κ3) is 4.05. The van der Waals surface area contributed by atoms with Crippen LogP contribution in [0.1, 0.15) is 5.56 Å². The quantitative estimate of drug-likeness (QED) is 0.500. The largest absolute Gasteiger partial charge is 0.493 e. The van der Waals surface area contributed by atoms with Crippen molar-refractivity contribution in [3.05, 3.63) is 28.4 Å². The van der Waals surface area contributed by atoms with Crippen LogP contribution < -0.4 is 9.47 Å². The van der Waals surface area contributed by atoms with Gasteiger partial charge in [-0.25, -0.2) is 4.39 Å². The fourth-order valence-corrected chi connectivity index (χ4v) is 1.35. The van der Waals surface area contributed by atoms with Crippen LogP contribution in [0.3, 0.4) is 0 Å². The first-order valence-corrected chi connectivity index (χ1v) is 5.29. The van der Waals surface area contributed by atoms with E-state index in [1.165, 1.54) is 26.4 Å². The maximum atomic E-state index is 13.8. The molecule has 0 spiro atoms. The Morgan fingerprint density at radius 3 is 2.39 bits per heavy atom. The van der Waals surface area contributed by atoms with Gasteiger partial charge in [0.25, 0.3) is 0 Å². The van der Waals surface area contributed by atoms with Crippen molar-refractivity contribution in [1.29, 1.82) is 0 Å². The molecule has 6 heteroatoms. The van der Waals surface area contributed by atoms with Crippen molar-refractivity contribution in [2.75, 3.05) is 21.3 Å². The highest BCUT2D eigenvalue weighted by Gasteiger charge is 2.13. The summed E-state index contributed by atoms with van der Waals surface area (Å²) < 4.78 is 23.6. The Hall–Kier alpha value is -1.53. The monoisotopic (exact) mass is 274 g/mol. The van der Waals surface area contributed by atoms with Crippen molar-refractivity contribution in [3.8, 4) is 11.5 Å². The van der Waals surface area contributed by atoms with Crippen molar-refractivity contribution in [2.45, 2.75) is 0 Å². The van der Waals surface area contributed by atoms with Crippen LogP contribution in [0.15, 0.2) is 17.0 Å². The number of aliphatic hydroxyl groups excluding tert-OH is 1. The van der Waals surface area contributed by atoms with Gasteiger partial charge in [-0.1, -0.05) is 0 Å². The van der Waals surface area contributed by atoms with Gasteiger partial charge in [0.2, 0.25) is 0 Å². The van der Waals surface area contributed by atoms with Gasteiger partial charge in [-0.05, 0) is 18.2 Å². The Kier molecular flexibility index (Phi) is 7.82. The van der Waals surface area contributed by atoms with Crippen LogP contribution in [0, 0.1) is 5.82 Å². The summed E-state index contributed by atoms with van der Waals surface area (Å²) in [4.78, 5) is 10.5. The summed E-state index contributed by atoms with van der Waals surface area (Å²) in [6.07, 6.45) is 1.84. The number of ether oxygens (including phenoxy) is 2. The molecule has 1 aromatic rings. The van der Waals surface area contributed by atoms with Crippen molar-refractivity contribution in [2.24, 2.45) is 0 Å². The Morgan fingerprint density at radius 1 is 1.33 bits per heavy atom. The van der Waals surface area contributed by atoms with Gasteiger partial charge in [0.15, 0.2) is 23.6 Å². The predicted molar refractivity (Wildman–Crippen MR) is 70.7 cm³/mol. The molecule has 18 heavy (non-hydrogen) atoms. The minimum Gasteiger partial charge on any atom is -0.493 e. The van der Waals surface area contributed by atoms with Crippen LogP contribution in [0.25, 0.3) is 6.08 Å². The van der Waals surface area contributed by atoms with Crippen LogP contribution in [0.5, 0.6) is 11.5 Å². The van der Waals surface area contributed by atoms with Crippen LogP contribution >= 0.6 is 12.6 Å². The first-order chi connectivity index (χ1) is 8.63. The second-order valence-electron chi connectivity index (χ2n) is 2.89. The van der Waals surface area contributed by atoms with E-state index < -0.39 is 5.82 Å². The predicted octanol–water partition coefficient (Wildman–Crippen LogP) is 1.92. The Balaban J connectivity index is 0.00000137. The Bertz CT molecular complexity index is 432. The van der Waals surface area contributed by atoms with E-state index in [0.717, 1.165) is 7.11 Å². The number of benzene rings is 1. The molecule has 0 saturated carbocycles. The number of thiol groups is 1. The number of methoxy groups -OCH3 is 2. The van der Waals surface area contributed by atoms with Gasteiger partial charge < -0.3 is 14.6 Å². The molecule has 0 atom stereocenters. The fraction of sp³-hybridized carbons (Fsp3) is 0.250. The second-order valence-corrected chi connectivity index (χ2v) is 3.41. The molecule has 0 heterocycles. The molecule has 0 aliphatic heterocycles. The zero-order chi connectivity index (χ0) is 14.1. The summed E-state index contributed by atoms with van der Waals surface area (Å²) in [7, 11) is 3.76. The van der Waals surface area contributed by atoms with Crippen molar-refractivity contribution in [1.82, 2.24) is 0 Å². The van der Waals surface area contributed by atoms with Gasteiger partial charge in [-0.15, -0.1) is 12.6 Å². The summed E-state index contributed by atoms with van der Waals surface area (Å²) in [5.41, 5.74) is 0.217. The molecular weight excluding hydrogens is 259 g/mol. The van der Waals surface area contributed by atoms with Gasteiger partial charge in [0, 0.05) is 17.6 Å². The number of hydrogen-bond donors (Lipinski definition) is 2. The number of rotatable bonds is 4. The molecule has 1 aromatic carbocycles. The first kappa shape index (κ1) is 16.5. The second kappa shape index (κ2) is 8.54. The molecule has 0 amide bonds. The summed E-state index contributed by atoms with van der Waals surface area (Å²) in [5, 5.41) is 7.00. The van der Waals surface area contributed by atoms with Gasteiger partial charge >= 0.3 is 0 Å². The number of carbonyl (C=O) groups is 1. The highest BCUT2D eigenvalue weighted by molar-refractivity contribution is 7.85. The molecule has 0 aliphatic carbocycles. The smallest absolute Gasteiger partial charge is 0.197 e. The lowest BCUT2D eigenvalue weighted by atomic mass is 10.1. The van der Waals surface area contributed by atoms with Gasteiger partial charge in [-0.3, -0.25) is 4.79 Å². The summed E-state index contributed by atoms with van der Waals surface area (Å²) in [6, 6.07) is 3.04. The molecule has 4 nitrogen and oxygen atoms in total. The number of hydrogen-bond acceptors (Lipinski definition) is 5. The maximum Gasteiger partial charge on any atom is 0.197 e. The lowest BCUT2D eigenvalue weighted by Crippen LogP contribution is -1.96. The van der Waals surface area contributed by atoms with Gasteiger partial charge in [0.1, 0.15) is 0 Å². The number of allylic oxidation sites excluding steroid dienone is 1. The summed E-state index contributed by atoms with van der Waals surface area (Å²) >= 11 is 3.86. The van der Waals surface area contributed by atoms with E-state index in [1.807, 2.05) is 0 Å². The molecule has 0 bridgehead atoms. The zero-order valence-electron chi connectivity index (χ0n) is 10.3. The lowest BCUT2D eigenvalue weighted by Gasteiger charge is -2.09. The van der Waals surface area contributed by atoms with Crippen LogP contribution in [0.4, 0.5) is 4.39 Å². The molecule has 0 aliphatic rings. The number of aldehydes is 1. The first-order valence-electron chi connectivity index (χ1n) is 4.85. The fourth-order valence-electron chi connectivity index (χ4n) is 1.21. The average Bonchev–Trinajstić information content (AvgIpc) is 2.42. The lowest BCUT2D eigenvalue weighted by molar-refractivity contribution is -0.104. The van der Waals surface area contributed by atoms with E-state index in [9.17, 15) is 9.18 Å². The van der Waals surface area contributed by atoms with E-state index in [-0.39, 0.29) is 16.2 Å². The van der Waals surface area contributed by atoms with Crippen molar-refractivity contribution >= 4 is 25.0 Å². The minimum absolute atomic E-state index is 0.00304. The Morgan fingerprint density at radius 2 is 1.94 bits per heavy atom. The molecule has 0 saturated heterocycles. The molecular formula is C12H15FO4S. The van der Waals surface area contributed by atoms with Crippen LogP contribution in [-0.4, -0.2) is 32.7 Å². The third-order valence-electron chi connectivity index (χ3n) is 1.94. The normalized spacial score (nSPS) is 10.2. The SMILES string of the molecule is CO.COc1ccc(/C=C(\S)C=O)c(F)c1OC. The van der Waals surface area contributed by atoms with Crippen molar-refractivity contribution in [3.63, 3.8) is 0 Å². The van der Waals surface area contributed by atoms with Crippen molar-refractivity contribution < 1.29 is 23.8 Å². The maximum absolute atomic E-state index is 13.8. The van der Waals surface area contributed by atoms with E-state index in [2.05, 4.69) is 12.6 Å². The molecule has 0 radical (unpaired) electrons. The molecule has 1 rings (SSSR count). The Labute approximate surface area is 110 Å². The van der Waals surface area contributed by atoms with Crippen LogP contribution in [-0.2, 0) is 4.79 Å². The molecule has 0 aromatic heterocycles. The van der Waals surface area contributed by atoms with Gasteiger partial charge in [-0.2, -0.15) is 0 Å². The molecule has 100 valence electrons.